The lowest BCUT2D eigenvalue weighted by molar-refractivity contribution is -0.117. The van der Waals surface area contributed by atoms with Gasteiger partial charge in [-0.3, -0.25) is 4.79 Å². The number of rotatable bonds is 4. The first-order valence-electron chi connectivity index (χ1n) is 9.12. The number of amides is 1. The van der Waals surface area contributed by atoms with Gasteiger partial charge in [0.15, 0.2) is 15.8 Å². The quantitative estimate of drug-likeness (QED) is 0.595. The van der Waals surface area contributed by atoms with Crippen LogP contribution in [0.2, 0.25) is 0 Å². The topological polar surface area (TPSA) is 90.9 Å². The van der Waals surface area contributed by atoms with Crippen molar-refractivity contribution in [2.45, 2.75) is 32.2 Å². The largest absolute Gasteiger partial charge is 0.357 e. The van der Waals surface area contributed by atoms with Crippen LogP contribution in [0.3, 0.4) is 0 Å². The number of hydrogen-bond donors (Lipinski definition) is 2. The van der Waals surface area contributed by atoms with Gasteiger partial charge in [0, 0.05) is 24.8 Å². The highest BCUT2D eigenvalue weighted by molar-refractivity contribution is 7.91. The minimum Gasteiger partial charge on any atom is -0.357 e. The van der Waals surface area contributed by atoms with Crippen molar-refractivity contribution in [3.63, 3.8) is 0 Å². The van der Waals surface area contributed by atoms with Crippen LogP contribution in [-0.4, -0.2) is 57.5 Å². The summed E-state index contributed by atoms with van der Waals surface area (Å²) in [7, 11) is -2.96. The Bertz CT molecular complexity index is 791. The fraction of sp³-hybridized carbons (Fsp3) is 0.556. The standard InChI is InChI=1S/C18H26N4O3S/c1-2-19-18(21-15-9-11-26(24,25)13-15)20-12-17(23)22-10-5-7-14-6-3-4-8-16(14)22/h3-4,6,8,15H,2,5,7,9-13H2,1H3,(H2,19,20,21). The maximum absolute atomic E-state index is 12.7. The molecule has 7 nitrogen and oxygen atoms in total. The summed E-state index contributed by atoms with van der Waals surface area (Å²) in [6.45, 7) is 3.32. The summed E-state index contributed by atoms with van der Waals surface area (Å²) in [4.78, 5) is 18.9. The fourth-order valence-electron chi connectivity index (χ4n) is 3.45. The Morgan fingerprint density at radius 1 is 1.35 bits per heavy atom. The zero-order valence-corrected chi connectivity index (χ0v) is 15.9. The van der Waals surface area contributed by atoms with Gasteiger partial charge >= 0.3 is 0 Å². The van der Waals surface area contributed by atoms with E-state index in [0.29, 0.717) is 25.5 Å². The van der Waals surface area contributed by atoms with E-state index in [2.05, 4.69) is 21.7 Å². The fourth-order valence-corrected chi connectivity index (χ4v) is 5.12. The molecule has 2 N–H and O–H groups in total. The lowest BCUT2D eigenvalue weighted by Crippen LogP contribution is -2.45. The molecule has 2 heterocycles. The van der Waals surface area contributed by atoms with Gasteiger partial charge in [0.1, 0.15) is 6.54 Å². The van der Waals surface area contributed by atoms with E-state index < -0.39 is 9.84 Å². The second-order valence-electron chi connectivity index (χ2n) is 6.72. The molecule has 2 aliphatic rings. The minimum atomic E-state index is -2.96. The highest BCUT2D eigenvalue weighted by Gasteiger charge is 2.28. The third kappa shape index (κ3) is 4.55. The molecule has 1 fully saturated rings. The molecule has 8 heteroatoms. The van der Waals surface area contributed by atoms with Gasteiger partial charge in [-0.2, -0.15) is 0 Å². The van der Waals surface area contributed by atoms with Gasteiger partial charge < -0.3 is 15.5 Å². The zero-order valence-electron chi connectivity index (χ0n) is 15.1. The molecule has 1 unspecified atom stereocenters. The molecule has 0 bridgehead atoms. The molecule has 1 atom stereocenters. The van der Waals surface area contributed by atoms with E-state index in [1.165, 1.54) is 5.56 Å². The first kappa shape index (κ1) is 18.7. The second kappa shape index (κ2) is 8.07. The number of carbonyl (C=O) groups excluding carboxylic acids is 1. The Morgan fingerprint density at radius 2 is 2.15 bits per heavy atom. The van der Waals surface area contributed by atoms with Crippen LogP contribution in [0.1, 0.15) is 25.3 Å². The van der Waals surface area contributed by atoms with Crippen molar-refractivity contribution < 1.29 is 13.2 Å². The van der Waals surface area contributed by atoms with E-state index in [0.717, 1.165) is 18.5 Å². The van der Waals surface area contributed by atoms with Crippen molar-refractivity contribution in [2.24, 2.45) is 4.99 Å². The number of para-hydroxylation sites is 1. The van der Waals surface area contributed by atoms with Crippen LogP contribution < -0.4 is 15.5 Å². The second-order valence-corrected chi connectivity index (χ2v) is 8.95. The van der Waals surface area contributed by atoms with Crippen LogP contribution in [-0.2, 0) is 21.1 Å². The van der Waals surface area contributed by atoms with Crippen molar-refractivity contribution >= 4 is 27.4 Å². The molecule has 0 radical (unpaired) electrons. The van der Waals surface area contributed by atoms with E-state index >= 15 is 0 Å². The average molecular weight is 378 g/mol. The number of benzene rings is 1. The van der Waals surface area contributed by atoms with E-state index in [1.807, 2.05) is 25.1 Å². The Kier molecular flexibility index (Phi) is 5.80. The SMILES string of the molecule is CCNC(=NCC(=O)N1CCCc2ccccc21)NC1CCS(=O)(=O)C1. The summed E-state index contributed by atoms with van der Waals surface area (Å²) >= 11 is 0. The number of aryl methyl sites for hydroxylation is 1. The number of nitrogens with zero attached hydrogens (tertiary/aromatic N) is 2. The van der Waals surface area contributed by atoms with Crippen LogP contribution in [0.25, 0.3) is 0 Å². The average Bonchev–Trinajstić information content (AvgIpc) is 2.97. The number of fused-ring (bicyclic) bond motifs is 1. The molecule has 26 heavy (non-hydrogen) atoms. The van der Waals surface area contributed by atoms with E-state index in [4.69, 9.17) is 0 Å². The molecule has 2 aliphatic heterocycles. The Labute approximate surface area is 154 Å². The van der Waals surface area contributed by atoms with Gasteiger partial charge in [-0.1, -0.05) is 18.2 Å². The number of hydrogen-bond acceptors (Lipinski definition) is 4. The molecule has 0 aromatic heterocycles. The molecule has 0 saturated carbocycles. The van der Waals surface area contributed by atoms with Gasteiger partial charge in [-0.05, 0) is 37.8 Å². The highest BCUT2D eigenvalue weighted by atomic mass is 32.2. The molecule has 3 rings (SSSR count). The van der Waals surface area contributed by atoms with Gasteiger partial charge in [-0.25, -0.2) is 13.4 Å². The summed E-state index contributed by atoms with van der Waals surface area (Å²) in [5, 5.41) is 6.23. The molecule has 142 valence electrons. The summed E-state index contributed by atoms with van der Waals surface area (Å²) in [6.07, 6.45) is 2.51. The van der Waals surface area contributed by atoms with Crippen LogP contribution in [0.15, 0.2) is 29.3 Å². The third-order valence-electron chi connectivity index (χ3n) is 4.70. The summed E-state index contributed by atoms with van der Waals surface area (Å²) < 4.78 is 23.2. The normalized spacial score (nSPS) is 22.0. The summed E-state index contributed by atoms with van der Waals surface area (Å²) in [5.41, 5.74) is 2.16. The monoisotopic (exact) mass is 378 g/mol. The van der Waals surface area contributed by atoms with Crippen molar-refractivity contribution in [3.8, 4) is 0 Å². The molecule has 1 amide bonds. The van der Waals surface area contributed by atoms with Crippen LogP contribution >= 0.6 is 0 Å². The number of guanidine groups is 1. The molecule has 1 aromatic carbocycles. The van der Waals surface area contributed by atoms with Crippen LogP contribution in [0.4, 0.5) is 5.69 Å². The molecular weight excluding hydrogens is 352 g/mol. The van der Waals surface area contributed by atoms with Crippen molar-refractivity contribution in [2.75, 3.05) is 36.0 Å². The lowest BCUT2D eigenvalue weighted by atomic mass is 10.0. The molecular formula is C18H26N4O3S. The number of anilines is 1. The van der Waals surface area contributed by atoms with Crippen molar-refractivity contribution in [1.29, 1.82) is 0 Å². The zero-order chi connectivity index (χ0) is 18.6. The van der Waals surface area contributed by atoms with Gasteiger partial charge in [-0.15, -0.1) is 0 Å². The molecule has 0 spiro atoms. The first-order chi connectivity index (χ1) is 12.5. The minimum absolute atomic E-state index is 0.0309. The Balaban J connectivity index is 1.65. The van der Waals surface area contributed by atoms with Crippen LogP contribution in [0, 0.1) is 0 Å². The summed E-state index contributed by atoms with van der Waals surface area (Å²) in [5.74, 6) is 0.764. The number of nitrogens with one attached hydrogen (secondary N) is 2. The molecule has 1 aromatic rings. The maximum atomic E-state index is 12.7. The maximum Gasteiger partial charge on any atom is 0.248 e. The van der Waals surface area contributed by atoms with E-state index in [-0.39, 0.29) is 30.0 Å². The van der Waals surface area contributed by atoms with Gasteiger partial charge in [0.05, 0.1) is 11.5 Å². The number of aliphatic imine (C=N–C) groups is 1. The van der Waals surface area contributed by atoms with E-state index in [9.17, 15) is 13.2 Å². The predicted octanol–water partition coefficient (Wildman–Crippen LogP) is 0.708. The highest BCUT2D eigenvalue weighted by Crippen LogP contribution is 2.26. The van der Waals surface area contributed by atoms with E-state index in [1.54, 1.807) is 4.90 Å². The predicted molar refractivity (Wildman–Crippen MR) is 103 cm³/mol. The first-order valence-corrected chi connectivity index (χ1v) is 10.9. The number of sulfone groups is 1. The van der Waals surface area contributed by atoms with Gasteiger partial charge in [0.25, 0.3) is 0 Å². The van der Waals surface area contributed by atoms with Gasteiger partial charge in [0.2, 0.25) is 5.91 Å². The van der Waals surface area contributed by atoms with Crippen molar-refractivity contribution in [1.82, 2.24) is 10.6 Å². The van der Waals surface area contributed by atoms with Crippen LogP contribution in [0.5, 0.6) is 0 Å². The lowest BCUT2D eigenvalue weighted by Gasteiger charge is -2.29. The third-order valence-corrected chi connectivity index (χ3v) is 6.47. The molecule has 0 aliphatic carbocycles. The Morgan fingerprint density at radius 3 is 2.88 bits per heavy atom. The summed E-state index contributed by atoms with van der Waals surface area (Å²) in [6, 6.07) is 7.82. The number of carbonyl (C=O) groups is 1. The smallest absolute Gasteiger partial charge is 0.248 e. The van der Waals surface area contributed by atoms with Crippen molar-refractivity contribution in [3.05, 3.63) is 29.8 Å². The Hall–Kier alpha value is -2.09. The molecule has 1 saturated heterocycles.